The van der Waals surface area contributed by atoms with E-state index in [0.29, 0.717) is 12.0 Å². The van der Waals surface area contributed by atoms with Gasteiger partial charge in [0.05, 0.1) is 0 Å². The molecule has 0 radical (unpaired) electrons. The highest BCUT2D eigenvalue weighted by Crippen LogP contribution is 2.44. The molecule has 0 amide bonds. The van der Waals surface area contributed by atoms with E-state index in [9.17, 15) is 0 Å². The standard InChI is InChI=1S/C18H30N2/c1-7-14-11-18(6,8-2)20-17-13(5)9-15(10-16(14)17)19-12(3)4/h9-10,12,14,19-20H,7-8,11H2,1-6H3. The van der Waals surface area contributed by atoms with Crippen LogP contribution in [-0.4, -0.2) is 11.6 Å². The highest BCUT2D eigenvalue weighted by molar-refractivity contribution is 5.68. The van der Waals surface area contributed by atoms with Crippen molar-refractivity contribution in [1.29, 1.82) is 0 Å². The number of rotatable bonds is 4. The SMILES string of the molecule is CCC1CC(C)(CC)Nc2c(C)cc(NC(C)C)cc21. The maximum atomic E-state index is 3.81. The molecule has 112 valence electrons. The second-order valence-electron chi connectivity index (χ2n) is 6.90. The molecule has 0 spiro atoms. The van der Waals surface area contributed by atoms with Gasteiger partial charge in [-0.05, 0) is 76.1 Å². The lowest BCUT2D eigenvalue weighted by molar-refractivity contribution is 0.388. The molecule has 0 aromatic heterocycles. The van der Waals surface area contributed by atoms with Crippen molar-refractivity contribution in [2.24, 2.45) is 0 Å². The van der Waals surface area contributed by atoms with E-state index >= 15 is 0 Å². The molecule has 1 aliphatic rings. The Balaban J connectivity index is 2.44. The summed E-state index contributed by atoms with van der Waals surface area (Å²) >= 11 is 0. The van der Waals surface area contributed by atoms with Crippen molar-refractivity contribution < 1.29 is 0 Å². The summed E-state index contributed by atoms with van der Waals surface area (Å²) in [5, 5.41) is 7.36. The van der Waals surface area contributed by atoms with Gasteiger partial charge in [0.2, 0.25) is 0 Å². The first-order valence-electron chi connectivity index (χ1n) is 8.07. The predicted molar refractivity (Wildman–Crippen MR) is 89.9 cm³/mol. The fourth-order valence-electron chi connectivity index (χ4n) is 3.33. The summed E-state index contributed by atoms with van der Waals surface area (Å²) in [6.45, 7) is 13.6. The smallest absolute Gasteiger partial charge is 0.0411 e. The van der Waals surface area contributed by atoms with Crippen LogP contribution in [0.5, 0.6) is 0 Å². The molecular weight excluding hydrogens is 244 g/mol. The van der Waals surface area contributed by atoms with Crippen LogP contribution in [0, 0.1) is 6.92 Å². The van der Waals surface area contributed by atoms with Crippen LogP contribution in [0.15, 0.2) is 12.1 Å². The van der Waals surface area contributed by atoms with E-state index in [1.54, 1.807) is 0 Å². The Kier molecular flexibility index (Phi) is 4.31. The van der Waals surface area contributed by atoms with Crippen molar-refractivity contribution in [3.63, 3.8) is 0 Å². The Labute approximate surface area is 124 Å². The Morgan fingerprint density at radius 2 is 2.05 bits per heavy atom. The number of fused-ring (bicyclic) bond motifs is 1. The lowest BCUT2D eigenvalue weighted by atomic mass is 9.76. The molecule has 2 N–H and O–H groups in total. The fourth-order valence-corrected chi connectivity index (χ4v) is 3.33. The largest absolute Gasteiger partial charge is 0.383 e. The van der Waals surface area contributed by atoms with E-state index in [4.69, 9.17) is 0 Å². The molecule has 0 saturated carbocycles. The first-order chi connectivity index (χ1) is 9.38. The van der Waals surface area contributed by atoms with Crippen LogP contribution in [0.3, 0.4) is 0 Å². The molecular formula is C18H30N2. The Hall–Kier alpha value is -1.18. The van der Waals surface area contributed by atoms with Gasteiger partial charge in [-0.25, -0.2) is 0 Å². The summed E-state index contributed by atoms with van der Waals surface area (Å²) in [6, 6.07) is 5.11. The summed E-state index contributed by atoms with van der Waals surface area (Å²) in [5.41, 5.74) is 5.74. The minimum absolute atomic E-state index is 0.241. The van der Waals surface area contributed by atoms with Gasteiger partial charge >= 0.3 is 0 Å². The van der Waals surface area contributed by atoms with Crippen LogP contribution in [0.4, 0.5) is 11.4 Å². The van der Waals surface area contributed by atoms with Crippen molar-refractivity contribution in [2.45, 2.75) is 78.3 Å². The maximum absolute atomic E-state index is 3.81. The third-order valence-electron chi connectivity index (χ3n) is 4.66. The molecule has 1 aromatic carbocycles. The molecule has 2 nitrogen and oxygen atoms in total. The van der Waals surface area contributed by atoms with Crippen LogP contribution in [0.1, 0.15) is 70.9 Å². The Morgan fingerprint density at radius 3 is 2.60 bits per heavy atom. The highest BCUT2D eigenvalue weighted by Gasteiger charge is 2.33. The third kappa shape index (κ3) is 2.94. The van der Waals surface area contributed by atoms with Gasteiger partial charge in [0.25, 0.3) is 0 Å². The Morgan fingerprint density at radius 1 is 1.35 bits per heavy atom. The van der Waals surface area contributed by atoms with E-state index in [1.807, 2.05) is 0 Å². The van der Waals surface area contributed by atoms with Crippen LogP contribution < -0.4 is 10.6 Å². The summed E-state index contributed by atoms with van der Waals surface area (Å²) in [5.74, 6) is 0.670. The highest BCUT2D eigenvalue weighted by atomic mass is 15.0. The van der Waals surface area contributed by atoms with Crippen LogP contribution in [0.2, 0.25) is 0 Å². The summed E-state index contributed by atoms with van der Waals surface area (Å²) < 4.78 is 0. The molecule has 0 fully saturated rings. The molecule has 2 rings (SSSR count). The molecule has 2 unspecified atom stereocenters. The topological polar surface area (TPSA) is 24.1 Å². The van der Waals surface area contributed by atoms with Crippen molar-refractivity contribution in [3.05, 3.63) is 23.3 Å². The molecule has 0 bridgehead atoms. The van der Waals surface area contributed by atoms with Gasteiger partial charge in [-0.15, -0.1) is 0 Å². The molecule has 0 saturated heterocycles. The first-order valence-corrected chi connectivity index (χ1v) is 8.07. The molecule has 20 heavy (non-hydrogen) atoms. The lowest BCUT2D eigenvalue weighted by Gasteiger charge is -2.41. The molecule has 1 aliphatic heterocycles. The molecule has 1 heterocycles. The molecule has 1 aromatic rings. The van der Waals surface area contributed by atoms with E-state index in [-0.39, 0.29) is 5.54 Å². The van der Waals surface area contributed by atoms with Gasteiger partial charge < -0.3 is 10.6 Å². The Bertz CT molecular complexity index is 479. The zero-order valence-electron chi connectivity index (χ0n) is 13.9. The summed E-state index contributed by atoms with van der Waals surface area (Å²) in [4.78, 5) is 0. The van der Waals surface area contributed by atoms with Crippen molar-refractivity contribution in [1.82, 2.24) is 0 Å². The number of hydrogen-bond acceptors (Lipinski definition) is 2. The first kappa shape index (κ1) is 15.2. The minimum atomic E-state index is 0.241. The maximum Gasteiger partial charge on any atom is 0.0411 e. The average molecular weight is 274 g/mol. The second kappa shape index (κ2) is 5.67. The molecule has 0 aliphatic carbocycles. The fraction of sp³-hybridized carbons (Fsp3) is 0.667. The van der Waals surface area contributed by atoms with Gasteiger partial charge in [0, 0.05) is 23.0 Å². The molecule has 2 atom stereocenters. The molecule has 2 heteroatoms. The van der Waals surface area contributed by atoms with Gasteiger partial charge in [0.15, 0.2) is 0 Å². The quantitative estimate of drug-likeness (QED) is 0.779. The van der Waals surface area contributed by atoms with Gasteiger partial charge in [-0.1, -0.05) is 13.8 Å². The predicted octanol–water partition coefficient (Wildman–Crippen LogP) is 5.29. The third-order valence-corrected chi connectivity index (χ3v) is 4.66. The van der Waals surface area contributed by atoms with E-state index in [2.05, 4.69) is 64.3 Å². The van der Waals surface area contributed by atoms with Gasteiger partial charge in [0.1, 0.15) is 0 Å². The number of benzene rings is 1. The summed E-state index contributed by atoms with van der Waals surface area (Å²) in [7, 11) is 0. The zero-order valence-corrected chi connectivity index (χ0v) is 13.9. The van der Waals surface area contributed by atoms with Crippen molar-refractivity contribution >= 4 is 11.4 Å². The number of nitrogens with one attached hydrogen (secondary N) is 2. The zero-order chi connectivity index (χ0) is 14.9. The second-order valence-corrected chi connectivity index (χ2v) is 6.90. The van der Waals surface area contributed by atoms with E-state index < -0.39 is 0 Å². The number of aryl methyl sites for hydroxylation is 1. The van der Waals surface area contributed by atoms with Crippen molar-refractivity contribution in [2.75, 3.05) is 10.6 Å². The van der Waals surface area contributed by atoms with Crippen LogP contribution >= 0.6 is 0 Å². The number of anilines is 2. The van der Waals surface area contributed by atoms with Crippen LogP contribution in [-0.2, 0) is 0 Å². The monoisotopic (exact) mass is 274 g/mol. The summed E-state index contributed by atoms with van der Waals surface area (Å²) in [6.07, 6.45) is 3.63. The average Bonchev–Trinajstić information content (AvgIpc) is 2.38. The van der Waals surface area contributed by atoms with E-state index in [0.717, 1.165) is 0 Å². The van der Waals surface area contributed by atoms with Gasteiger partial charge in [-0.2, -0.15) is 0 Å². The van der Waals surface area contributed by atoms with Crippen molar-refractivity contribution in [3.8, 4) is 0 Å². The lowest BCUT2D eigenvalue weighted by Crippen LogP contribution is -2.40. The van der Waals surface area contributed by atoms with Crippen LogP contribution in [0.25, 0.3) is 0 Å². The minimum Gasteiger partial charge on any atom is -0.383 e. The number of hydrogen-bond donors (Lipinski definition) is 2. The van der Waals surface area contributed by atoms with Gasteiger partial charge in [-0.3, -0.25) is 0 Å². The van der Waals surface area contributed by atoms with E-state index in [1.165, 1.54) is 41.8 Å². The normalized spacial score (nSPS) is 25.2.